The number of hydrogen-bond acceptors (Lipinski definition) is 3. The molecule has 0 aliphatic carbocycles. The van der Waals surface area contributed by atoms with Crippen molar-refractivity contribution in [1.82, 2.24) is 4.90 Å². The van der Waals surface area contributed by atoms with Gasteiger partial charge in [-0.25, -0.2) is 4.79 Å². The van der Waals surface area contributed by atoms with Crippen LogP contribution >= 0.6 is 0 Å². The summed E-state index contributed by atoms with van der Waals surface area (Å²) in [5.41, 5.74) is 0. The van der Waals surface area contributed by atoms with Gasteiger partial charge in [-0.1, -0.05) is 13.8 Å². The first-order chi connectivity index (χ1) is 7.50. The standard InChI is InChI=1S/C11H19NO4/c1-8(2)9-3-4-12(5-9)10(13)6-16-7-11(14)15/h8-9H,3-7H2,1-2H3,(H,14,15). The molecule has 1 N–H and O–H groups in total. The number of nitrogens with zero attached hydrogens (tertiary/aromatic N) is 1. The third-order valence-electron chi connectivity index (χ3n) is 2.97. The lowest BCUT2D eigenvalue weighted by atomic mass is 9.95. The van der Waals surface area contributed by atoms with Gasteiger partial charge in [0.1, 0.15) is 13.2 Å². The van der Waals surface area contributed by atoms with Crippen molar-refractivity contribution >= 4 is 11.9 Å². The van der Waals surface area contributed by atoms with Gasteiger partial charge in [-0.05, 0) is 18.3 Å². The van der Waals surface area contributed by atoms with Gasteiger partial charge in [-0.3, -0.25) is 4.79 Å². The summed E-state index contributed by atoms with van der Waals surface area (Å²) in [5.74, 6) is -0.0140. The zero-order chi connectivity index (χ0) is 12.1. The van der Waals surface area contributed by atoms with Crippen LogP contribution in [-0.4, -0.2) is 48.2 Å². The summed E-state index contributed by atoms with van der Waals surface area (Å²) in [6.45, 7) is 5.30. The van der Waals surface area contributed by atoms with Crippen molar-refractivity contribution in [3.63, 3.8) is 0 Å². The molecular formula is C11H19NO4. The van der Waals surface area contributed by atoms with E-state index >= 15 is 0 Å². The Labute approximate surface area is 95.4 Å². The van der Waals surface area contributed by atoms with E-state index in [1.54, 1.807) is 4.90 Å². The maximum Gasteiger partial charge on any atom is 0.329 e. The van der Waals surface area contributed by atoms with E-state index in [1.807, 2.05) is 0 Å². The molecule has 1 fully saturated rings. The molecule has 1 amide bonds. The predicted molar refractivity (Wildman–Crippen MR) is 58.0 cm³/mol. The highest BCUT2D eigenvalue weighted by Crippen LogP contribution is 2.23. The lowest BCUT2D eigenvalue weighted by molar-refractivity contribution is -0.145. The number of carboxylic acid groups (broad SMARTS) is 1. The largest absolute Gasteiger partial charge is 0.480 e. The van der Waals surface area contributed by atoms with Gasteiger partial charge in [0.15, 0.2) is 0 Å². The number of carbonyl (C=O) groups excluding carboxylic acids is 1. The molecule has 92 valence electrons. The van der Waals surface area contributed by atoms with Crippen molar-refractivity contribution in [2.24, 2.45) is 11.8 Å². The zero-order valence-electron chi connectivity index (χ0n) is 9.81. The summed E-state index contributed by atoms with van der Waals surface area (Å²) in [7, 11) is 0. The Morgan fingerprint density at radius 2 is 2.12 bits per heavy atom. The monoisotopic (exact) mass is 229 g/mol. The Morgan fingerprint density at radius 3 is 2.62 bits per heavy atom. The second-order valence-electron chi connectivity index (χ2n) is 4.52. The molecule has 1 aliphatic rings. The van der Waals surface area contributed by atoms with Crippen LogP contribution in [0.1, 0.15) is 20.3 Å². The molecule has 5 nitrogen and oxygen atoms in total. The number of amides is 1. The Morgan fingerprint density at radius 1 is 1.44 bits per heavy atom. The van der Waals surface area contributed by atoms with E-state index in [-0.39, 0.29) is 12.5 Å². The maximum atomic E-state index is 11.6. The number of hydrogen-bond donors (Lipinski definition) is 1. The molecule has 1 heterocycles. The van der Waals surface area contributed by atoms with Crippen LogP contribution in [-0.2, 0) is 14.3 Å². The molecule has 0 aromatic heterocycles. The molecule has 1 atom stereocenters. The topological polar surface area (TPSA) is 66.8 Å². The van der Waals surface area contributed by atoms with Gasteiger partial charge in [0, 0.05) is 13.1 Å². The average Bonchev–Trinajstić information content (AvgIpc) is 2.65. The van der Waals surface area contributed by atoms with Gasteiger partial charge < -0.3 is 14.7 Å². The first kappa shape index (κ1) is 13.0. The summed E-state index contributed by atoms with van der Waals surface area (Å²) in [4.78, 5) is 23.6. The van der Waals surface area contributed by atoms with Crippen LogP contribution in [0.5, 0.6) is 0 Å². The quantitative estimate of drug-likeness (QED) is 0.749. The second kappa shape index (κ2) is 5.84. The van der Waals surface area contributed by atoms with Crippen molar-refractivity contribution in [2.75, 3.05) is 26.3 Å². The van der Waals surface area contributed by atoms with Gasteiger partial charge >= 0.3 is 5.97 Å². The highest BCUT2D eigenvalue weighted by Gasteiger charge is 2.27. The fourth-order valence-electron chi connectivity index (χ4n) is 1.87. The molecule has 0 saturated carbocycles. The van der Waals surface area contributed by atoms with E-state index in [2.05, 4.69) is 13.8 Å². The first-order valence-electron chi connectivity index (χ1n) is 5.58. The molecule has 0 bridgehead atoms. The van der Waals surface area contributed by atoms with Crippen LogP contribution in [0, 0.1) is 11.8 Å². The van der Waals surface area contributed by atoms with Gasteiger partial charge in [0.05, 0.1) is 0 Å². The molecule has 1 aliphatic heterocycles. The number of carbonyl (C=O) groups is 2. The number of likely N-dealkylation sites (tertiary alicyclic amines) is 1. The fourth-order valence-corrected chi connectivity index (χ4v) is 1.87. The normalized spacial score (nSPS) is 20.4. The Hall–Kier alpha value is -1.10. The summed E-state index contributed by atoms with van der Waals surface area (Å²) in [6, 6.07) is 0. The Bertz CT molecular complexity index is 265. The molecule has 0 spiro atoms. The Balaban J connectivity index is 2.25. The molecule has 1 rings (SSSR count). The van der Waals surface area contributed by atoms with Crippen LogP contribution in [0.3, 0.4) is 0 Å². The second-order valence-corrected chi connectivity index (χ2v) is 4.52. The van der Waals surface area contributed by atoms with Crippen molar-refractivity contribution in [1.29, 1.82) is 0 Å². The average molecular weight is 229 g/mol. The SMILES string of the molecule is CC(C)C1CCN(C(=O)COCC(=O)O)C1. The van der Waals surface area contributed by atoms with Gasteiger partial charge in [0.25, 0.3) is 0 Å². The third-order valence-corrected chi connectivity index (χ3v) is 2.97. The summed E-state index contributed by atoms with van der Waals surface area (Å²) >= 11 is 0. The molecule has 0 aromatic rings. The molecule has 5 heteroatoms. The molecule has 1 saturated heterocycles. The maximum absolute atomic E-state index is 11.6. The Kier molecular flexibility index (Phi) is 4.73. The van der Waals surface area contributed by atoms with Crippen LogP contribution in [0.2, 0.25) is 0 Å². The number of rotatable bonds is 5. The van der Waals surface area contributed by atoms with E-state index in [9.17, 15) is 9.59 Å². The highest BCUT2D eigenvalue weighted by atomic mass is 16.5. The van der Waals surface area contributed by atoms with E-state index in [0.29, 0.717) is 11.8 Å². The fraction of sp³-hybridized carbons (Fsp3) is 0.818. The highest BCUT2D eigenvalue weighted by molar-refractivity contribution is 5.78. The third kappa shape index (κ3) is 3.81. The first-order valence-corrected chi connectivity index (χ1v) is 5.58. The predicted octanol–water partition coefficient (Wildman–Crippen LogP) is 0.592. The van der Waals surface area contributed by atoms with Crippen molar-refractivity contribution in [3.05, 3.63) is 0 Å². The summed E-state index contributed by atoms with van der Waals surface area (Å²) < 4.78 is 4.77. The van der Waals surface area contributed by atoms with E-state index < -0.39 is 12.6 Å². The number of ether oxygens (including phenoxy) is 1. The van der Waals surface area contributed by atoms with Crippen LogP contribution < -0.4 is 0 Å². The summed E-state index contributed by atoms with van der Waals surface area (Å²) in [6.07, 6.45) is 1.03. The number of carboxylic acids is 1. The minimum atomic E-state index is -1.05. The van der Waals surface area contributed by atoms with E-state index in [0.717, 1.165) is 19.5 Å². The van der Waals surface area contributed by atoms with Crippen LogP contribution in [0.15, 0.2) is 0 Å². The van der Waals surface area contributed by atoms with Crippen LogP contribution in [0.4, 0.5) is 0 Å². The van der Waals surface area contributed by atoms with Gasteiger partial charge in [0.2, 0.25) is 5.91 Å². The minimum Gasteiger partial charge on any atom is -0.480 e. The van der Waals surface area contributed by atoms with Crippen LogP contribution in [0.25, 0.3) is 0 Å². The van der Waals surface area contributed by atoms with Gasteiger partial charge in [-0.15, -0.1) is 0 Å². The molecule has 16 heavy (non-hydrogen) atoms. The number of aliphatic carboxylic acids is 1. The zero-order valence-corrected chi connectivity index (χ0v) is 9.81. The van der Waals surface area contributed by atoms with E-state index in [1.165, 1.54) is 0 Å². The minimum absolute atomic E-state index is 0.107. The molecule has 1 unspecified atom stereocenters. The molecule has 0 aromatic carbocycles. The lowest BCUT2D eigenvalue weighted by Crippen LogP contribution is -2.33. The lowest BCUT2D eigenvalue weighted by Gasteiger charge is -2.17. The van der Waals surface area contributed by atoms with E-state index in [4.69, 9.17) is 9.84 Å². The summed E-state index contributed by atoms with van der Waals surface area (Å²) in [5, 5.41) is 8.36. The van der Waals surface area contributed by atoms with Gasteiger partial charge in [-0.2, -0.15) is 0 Å². The van der Waals surface area contributed by atoms with Crippen molar-refractivity contribution in [3.8, 4) is 0 Å². The molecular weight excluding hydrogens is 210 g/mol. The van der Waals surface area contributed by atoms with Crippen molar-refractivity contribution in [2.45, 2.75) is 20.3 Å². The molecule has 0 radical (unpaired) electrons. The van der Waals surface area contributed by atoms with Crippen molar-refractivity contribution < 1.29 is 19.4 Å². The smallest absolute Gasteiger partial charge is 0.329 e.